The smallest absolute Gasteiger partial charge is 0.0726 e. The molecule has 0 radical (unpaired) electrons. The van der Waals surface area contributed by atoms with E-state index in [1.54, 1.807) is 0 Å². The second-order valence-corrected chi connectivity index (χ2v) is 7.66. The maximum absolute atomic E-state index is 9.54. The molecular weight excluding hydrogens is 356 g/mol. The highest BCUT2D eigenvalue weighted by Crippen LogP contribution is 2.34. The summed E-state index contributed by atoms with van der Waals surface area (Å²) in [7, 11) is 0. The number of rotatable bonds is 5. The first-order valence-corrected chi connectivity index (χ1v) is 9.79. The number of nitrogens with zero attached hydrogens (tertiary/aromatic N) is 1. The average molecular weight is 379 g/mol. The minimum atomic E-state index is -0.326. The Bertz CT molecular complexity index is 951. The number of aliphatic hydroxyl groups excluding tert-OH is 1. The third kappa shape index (κ3) is 4.15. The Balaban J connectivity index is 1.66. The first kappa shape index (κ1) is 18.0. The molecule has 3 aromatic rings. The molecule has 0 fully saturated rings. The summed E-state index contributed by atoms with van der Waals surface area (Å²) >= 11 is 6.17. The van der Waals surface area contributed by atoms with Crippen LogP contribution >= 0.6 is 11.6 Å². The number of hydrogen-bond acceptors (Lipinski definition) is 3. The molecule has 1 unspecified atom stereocenters. The molecule has 0 saturated carbocycles. The monoisotopic (exact) mass is 378 g/mol. The molecule has 2 N–H and O–H groups in total. The normalized spacial score (nSPS) is 14.0. The van der Waals surface area contributed by atoms with Crippen LogP contribution in [0.5, 0.6) is 0 Å². The number of aryl methyl sites for hydroxylation is 1. The number of aliphatic hydroxyl groups is 1. The lowest BCUT2D eigenvalue weighted by Gasteiger charge is -2.14. The number of anilines is 2. The van der Waals surface area contributed by atoms with Crippen molar-refractivity contribution in [1.29, 1.82) is 0 Å². The molecule has 138 valence electrons. The summed E-state index contributed by atoms with van der Waals surface area (Å²) in [6.07, 6.45) is 3.56. The van der Waals surface area contributed by atoms with E-state index in [9.17, 15) is 5.11 Å². The van der Waals surface area contributed by atoms with Gasteiger partial charge < -0.3 is 10.4 Å². The minimum Gasteiger partial charge on any atom is -0.393 e. The van der Waals surface area contributed by atoms with Crippen molar-refractivity contribution in [2.45, 2.75) is 38.7 Å². The maximum atomic E-state index is 9.54. The Labute approximate surface area is 165 Å². The van der Waals surface area contributed by atoms with Gasteiger partial charge in [-0.05, 0) is 74.1 Å². The van der Waals surface area contributed by atoms with Crippen molar-refractivity contribution in [1.82, 2.24) is 4.98 Å². The number of aromatic nitrogens is 1. The zero-order valence-corrected chi connectivity index (χ0v) is 16.1. The van der Waals surface area contributed by atoms with Gasteiger partial charge in [0.05, 0.1) is 11.8 Å². The van der Waals surface area contributed by atoms with Crippen LogP contribution in [-0.2, 0) is 19.3 Å². The van der Waals surface area contributed by atoms with Crippen molar-refractivity contribution < 1.29 is 5.11 Å². The van der Waals surface area contributed by atoms with E-state index in [4.69, 9.17) is 16.6 Å². The van der Waals surface area contributed by atoms with Gasteiger partial charge in [0.25, 0.3) is 0 Å². The number of nitrogens with one attached hydrogen (secondary N) is 1. The summed E-state index contributed by atoms with van der Waals surface area (Å²) in [6, 6.07) is 18.2. The molecule has 0 spiro atoms. The van der Waals surface area contributed by atoms with Crippen LogP contribution in [0.15, 0.2) is 54.6 Å². The van der Waals surface area contributed by atoms with Gasteiger partial charge in [-0.25, -0.2) is 0 Å². The fourth-order valence-corrected chi connectivity index (χ4v) is 3.86. The summed E-state index contributed by atoms with van der Waals surface area (Å²) < 4.78 is 0. The standard InChI is InChI=1S/C23H23ClN2O/c1-15(27)12-16-8-10-19(11-9-16)25-23-14-22(17-4-2-5-18(24)13-17)26-21-7-3-6-20(21)23/h2,4-5,8-11,13-15,27H,3,6-7,12H2,1H3,(H,25,26). The summed E-state index contributed by atoms with van der Waals surface area (Å²) in [4.78, 5) is 4.89. The lowest BCUT2D eigenvalue weighted by atomic mass is 10.1. The van der Waals surface area contributed by atoms with E-state index in [0.717, 1.165) is 52.5 Å². The van der Waals surface area contributed by atoms with Crippen LogP contribution in [0.4, 0.5) is 11.4 Å². The third-order valence-corrected chi connectivity index (χ3v) is 5.17. The van der Waals surface area contributed by atoms with E-state index in [0.29, 0.717) is 6.42 Å². The molecule has 0 saturated heterocycles. The van der Waals surface area contributed by atoms with Crippen molar-refractivity contribution in [3.63, 3.8) is 0 Å². The highest BCUT2D eigenvalue weighted by Gasteiger charge is 2.19. The van der Waals surface area contributed by atoms with Crippen molar-refractivity contribution in [3.05, 3.63) is 76.4 Å². The molecule has 1 aliphatic rings. The highest BCUT2D eigenvalue weighted by molar-refractivity contribution is 6.30. The minimum absolute atomic E-state index is 0.326. The number of benzene rings is 2. The lowest BCUT2D eigenvalue weighted by Crippen LogP contribution is -2.04. The molecule has 2 aromatic carbocycles. The Morgan fingerprint density at radius 2 is 1.93 bits per heavy atom. The molecule has 27 heavy (non-hydrogen) atoms. The van der Waals surface area contributed by atoms with E-state index in [2.05, 4.69) is 35.6 Å². The first-order chi connectivity index (χ1) is 13.1. The molecule has 4 heteroatoms. The predicted molar refractivity (Wildman–Crippen MR) is 112 cm³/mol. The van der Waals surface area contributed by atoms with Gasteiger partial charge in [0.2, 0.25) is 0 Å². The van der Waals surface area contributed by atoms with E-state index < -0.39 is 0 Å². The maximum Gasteiger partial charge on any atom is 0.0726 e. The topological polar surface area (TPSA) is 45.1 Å². The fraction of sp³-hybridized carbons (Fsp3) is 0.261. The van der Waals surface area contributed by atoms with Gasteiger partial charge in [-0.3, -0.25) is 4.98 Å². The third-order valence-electron chi connectivity index (χ3n) is 4.93. The Morgan fingerprint density at radius 1 is 1.11 bits per heavy atom. The largest absolute Gasteiger partial charge is 0.393 e. The van der Waals surface area contributed by atoms with Crippen LogP contribution in [0.1, 0.15) is 30.2 Å². The first-order valence-electron chi connectivity index (χ1n) is 9.41. The van der Waals surface area contributed by atoms with Crippen LogP contribution in [0.25, 0.3) is 11.3 Å². The molecule has 1 heterocycles. The molecule has 1 atom stereocenters. The van der Waals surface area contributed by atoms with Crippen LogP contribution in [-0.4, -0.2) is 16.2 Å². The quantitative estimate of drug-likeness (QED) is 0.611. The van der Waals surface area contributed by atoms with Gasteiger partial charge in [0, 0.05) is 27.7 Å². The molecule has 0 aliphatic heterocycles. The molecule has 0 amide bonds. The van der Waals surface area contributed by atoms with Crippen LogP contribution in [0, 0.1) is 0 Å². The van der Waals surface area contributed by atoms with Crippen molar-refractivity contribution >= 4 is 23.0 Å². The second kappa shape index (κ2) is 7.71. The molecule has 1 aromatic heterocycles. The predicted octanol–water partition coefficient (Wildman–Crippen LogP) is 5.56. The summed E-state index contributed by atoms with van der Waals surface area (Å²) in [5, 5.41) is 13.8. The molecule has 3 nitrogen and oxygen atoms in total. The van der Waals surface area contributed by atoms with Gasteiger partial charge in [-0.15, -0.1) is 0 Å². The summed E-state index contributed by atoms with van der Waals surface area (Å²) in [5.41, 5.74) is 7.78. The average Bonchev–Trinajstić information content (AvgIpc) is 3.12. The molecule has 4 rings (SSSR count). The van der Waals surface area contributed by atoms with Gasteiger partial charge in [-0.2, -0.15) is 0 Å². The number of hydrogen-bond donors (Lipinski definition) is 2. The van der Waals surface area contributed by atoms with Crippen LogP contribution < -0.4 is 5.32 Å². The zero-order valence-electron chi connectivity index (χ0n) is 15.4. The van der Waals surface area contributed by atoms with Crippen molar-refractivity contribution in [2.75, 3.05) is 5.32 Å². The lowest BCUT2D eigenvalue weighted by molar-refractivity contribution is 0.195. The van der Waals surface area contributed by atoms with E-state index in [-0.39, 0.29) is 6.10 Å². The highest BCUT2D eigenvalue weighted by atomic mass is 35.5. The SMILES string of the molecule is CC(O)Cc1ccc(Nc2cc(-c3cccc(Cl)c3)nc3c2CCC3)cc1. The Hall–Kier alpha value is -2.36. The van der Waals surface area contributed by atoms with Gasteiger partial charge >= 0.3 is 0 Å². The second-order valence-electron chi connectivity index (χ2n) is 7.22. The Kier molecular flexibility index (Phi) is 5.15. The number of fused-ring (bicyclic) bond motifs is 1. The molecular formula is C23H23ClN2O. The van der Waals surface area contributed by atoms with Crippen molar-refractivity contribution in [2.24, 2.45) is 0 Å². The number of pyridine rings is 1. The van der Waals surface area contributed by atoms with Crippen LogP contribution in [0.2, 0.25) is 5.02 Å². The summed E-state index contributed by atoms with van der Waals surface area (Å²) in [6.45, 7) is 1.81. The van der Waals surface area contributed by atoms with Gasteiger partial charge in [0.1, 0.15) is 0 Å². The van der Waals surface area contributed by atoms with E-state index >= 15 is 0 Å². The fourth-order valence-electron chi connectivity index (χ4n) is 3.67. The van der Waals surface area contributed by atoms with E-state index in [1.165, 1.54) is 11.3 Å². The molecule has 1 aliphatic carbocycles. The molecule has 0 bridgehead atoms. The Morgan fingerprint density at radius 3 is 2.67 bits per heavy atom. The van der Waals surface area contributed by atoms with Crippen LogP contribution in [0.3, 0.4) is 0 Å². The van der Waals surface area contributed by atoms with E-state index in [1.807, 2.05) is 31.2 Å². The number of halogens is 1. The zero-order chi connectivity index (χ0) is 18.8. The van der Waals surface area contributed by atoms with Gasteiger partial charge in [0.15, 0.2) is 0 Å². The summed E-state index contributed by atoms with van der Waals surface area (Å²) in [5.74, 6) is 0. The van der Waals surface area contributed by atoms with Crippen molar-refractivity contribution in [3.8, 4) is 11.3 Å². The van der Waals surface area contributed by atoms with Gasteiger partial charge in [-0.1, -0.05) is 35.9 Å².